The average Bonchev–Trinajstić information content (AvgIpc) is 2.85. The zero-order chi connectivity index (χ0) is 12.1. The highest BCUT2D eigenvalue weighted by molar-refractivity contribution is 7.99. The van der Waals surface area contributed by atoms with Gasteiger partial charge in [-0.15, -0.1) is 0 Å². The quantitative estimate of drug-likeness (QED) is 0.875. The Balaban J connectivity index is 1.72. The number of aryl methyl sites for hydroxylation is 1. The molecule has 0 aromatic carbocycles. The Bertz CT molecular complexity index is 329. The summed E-state index contributed by atoms with van der Waals surface area (Å²) in [5.74, 6) is 0. The average molecular weight is 253 g/mol. The van der Waals surface area contributed by atoms with E-state index in [0.29, 0.717) is 6.04 Å². The lowest BCUT2D eigenvalue weighted by atomic mass is 9.95. The van der Waals surface area contributed by atoms with Crippen LogP contribution in [0, 0.1) is 0 Å². The first-order valence-corrected chi connectivity index (χ1v) is 7.88. The largest absolute Gasteiger partial charge is 0.310 e. The van der Waals surface area contributed by atoms with Gasteiger partial charge in [-0.25, -0.2) is 0 Å². The minimum absolute atomic E-state index is 0.711. The van der Waals surface area contributed by atoms with Gasteiger partial charge in [0.25, 0.3) is 0 Å². The third kappa shape index (κ3) is 3.75. The third-order valence-corrected chi connectivity index (χ3v) is 4.75. The van der Waals surface area contributed by atoms with Crippen molar-refractivity contribution in [1.82, 2.24) is 15.1 Å². The Morgan fingerprint density at radius 3 is 2.76 bits per heavy atom. The zero-order valence-electron chi connectivity index (χ0n) is 10.9. The van der Waals surface area contributed by atoms with Crippen molar-refractivity contribution in [1.29, 1.82) is 0 Å². The summed E-state index contributed by atoms with van der Waals surface area (Å²) >= 11 is 2.03. The summed E-state index contributed by atoms with van der Waals surface area (Å²) in [4.78, 5) is 0. The van der Waals surface area contributed by atoms with Crippen molar-refractivity contribution in [2.75, 3.05) is 6.26 Å². The van der Waals surface area contributed by atoms with Gasteiger partial charge < -0.3 is 5.32 Å². The highest BCUT2D eigenvalue weighted by Crippen LogP contribution is 2.26. The summed E-state index contributed by atoms with van der Waals surface area (Å²) in [6, 6.07) is 0.711. The van der Waals surface area contributed by atoms with E-state index in [1.165, 1.54) is 31.2 Å². The summed E-state index contributed by atoms with van der Waals surface area (Å²) in [7, 11) is 0. The molecule has 0 amide bonds. The van der Waals surface area contributed by atoms with Crippen LogP contribution in [0.3, 0.4) is 0 Å². The van der Waals surface area contributed by atoms with Crippen LogP contribution in [0.5, 0.6) is 0 Å². The van der Waals surface area contributed by atoms with Crippen LogP contribution in [0.2, 0.25) is 0 Å². The summed E-state index contributed by atoms with van der Waals surface area (Å²) in [6.07, 6.45) is 11.7. The molecule has 96 valence electrons. The van der Waals surface area contributed by atoms with Crippen molar-refractivity contribution in [2.24, 2.45) is 0 Å². The number of aromatic nitrogens is 2. The fraction of sp³-hybridized carbons (Fsp3) is 0.769. The fourth-order valence-electron chi connectivity index (χ4n) is 2.44. The maximum absolute atomic E-state index is 4.30. The molecular formula is C13H23N3S. The van der Waals surface area contributed by atoms with Crippen molar-refractivity contribution in [3.8, 4) is 0 Å². The van der Waals surface area contributed by atoms with E-state index in [0.717, 1.165) is 18.3 Å². The van der Waals surface area contributed by atoms with Crippen LogP contribution >= 0.6 is 11.8 Å². The van der Waals surface area contributed by atoms with Crippen LogP contribution < -0.4 is 5.32 Å². The van der Waals surface area contributed by atoms with Crippen LogP contribution in [0.15, 0.2) is 12.4 Å². The van der Waals surface area contributed by atoms with Gasteiger partial charge in [-0.05, 0) is 38.9 Å². The monoisotopic (exact) mass is 253 g/mol. The number of rotatable bonds is 5. The third-order valence-electron chi connectivity index (χ3n) is 3.61. The van der Waals surface area contributed by atoms with E-state index < -0.39 is 0 Å². The second kappa shape index (κ2) is 6.45. The Morgan fingerprint density at radius 1 is 1.41 bits per heavy atom. The van der Waals surface area contributed by atoms with Gasteiger partial charge in [0.2, 0.25) is 0 Å². The van der Waals surface area contributed by atoms with Crippen molar-refractivity contribution in [2.45, 2.75) is 57.0 Å². The molecule has 1 aliphatic carbocycles. The molecule has 1 N–H and O–H groups in total. The molecule has 0 saturated heterocycles. The van der Waals surface area contributed by atoms with Gasteiger partial charge in [-0.3, -0.25) is 4.68 Å². The van der Waals surface area contributed by atoms with Gasteiger partial charge in [0, 0.05) is 36.1 Å². The SMILES string of the molecule is CCn1cc(CNC2CCC(SC)CC2)cn1. The van der Waals surface area contributed by atoms with Crippen LogP contribution in [-0.2, 0) is 13.1 Å². The summed E-state index contributed by atoms with van der Waals surface area (Å²) in [5, 5.41) is 8.85. The molecule has 0 atom stereocenters. The lowest BCUT2D eigenvalue weighted by Gasteiger charge is -2.28. The number of thioether (sulfide) groups is 1. The summed E-state index contributed by atoms with van der Waals surface area (Å²) in [5.41, 5.74) is 1.30. The molecule has 0 unspecified atom stereocenters. The van der Waals surface area contributed by atoms with Gasteiger partial charge >= 0.3 is 0 Å². The Kier molecular flexibility index (Phi) is 4.92. The first-order valence-electron chi connectivity index (χ1n) is 6.59. The number of nitrogens with one attached hydrogen (secondary N) is 1. The van der Waals surface area contributed by atoms with Crippen molar-refractivity contribution in [3.63, 3.8) is 0 Å². The molecule has 2 rings (SSSR count). The molecule has 4 heteroatoms. The Morgan fingerprint density at radius 2 is 2.18 bits per heavy atom. The van der Waals surface area contributed by atoms with Gasteiger partial charge in [-0.1, -0.05) is 0 Å². The fourth-order valence-corrected chi connectivity index (χ4v) is 3.18. The van der Waals surface area contributed by atoms with Crippen molar-refractivity contribution in [3.05, 3.63) is 18.0 Å². The zero-order valence-corrected chi connectivity index (χ0v) is 11.7. The second-order valence-corrected chi connectivity index (χ2v) is 5.93. The molecule has 1 aliphatic rings. The van der Waals surface area contributed by atoms with Crippen LogP contribution in [0.25, 0.3) is 0 Å². The molecule has 1 aromatic rings. The predicted molar refractivity (Wildman–Crippen MR) is 74.3 cm³/mol. The van der Waals surface area contributed by atoms with Crippen molar-refractivity contribution >= 4 is 11.8 Å². The van der Waals surface area contributed by atoms with Gasteiger partial charge in [0.15, 0.2) is 0 Å². The normalized spacial score (nSPS) is 25.1. The Labute approximate surface area is 108 Å². The predicted octanol–water partition coefficient (Wildman–Crippen LogP) is 2.67. The van der Waals surface area contributed by atoms with Crippen molar-refractivity contribution < 1.29 is 0 Å². The number of nitrogens with zero attached hydrogens (tertiary/aromatic N) is 2. The smallest absolute Gasteiger partial charge is 0.0534 e. The highest BCUT2D eigenvalue weighted by Gasteiger charge is 2.19. The van der Waals surface area contributed by atoms with E-state index >= 15 is 0 Å². The van der Waals surface area contributed by atoms with E-state index in [1.807, 2.05) is 22.6 Å². The van der Waals surface area contributed by atoms with E-state index in [4.69, 9.17) is 0 Å². The van der Waals surface area contributed by atoms with E-state index in [9.17, 15) is 0 Å². The topological polar surface area (TPSA) is 29.9 Å². The minimum atomic E-state index is 0.711. The van der Waals surface area contributed by atoms with Gasteiger partial charge in [0.05, 0.1) is 6.20 Å². The maximum Gasteiger partial charge on any atom is 0.0534 e. The van der Waals surface area contributed by atoms with Gasteiger partial charge in [-0.2, -0.15) is 16.9 Å². The van der Waals surface area contributed by atoms with Crippen LogP contribution in [0.4, 0.5) is 0 Å². The molecule has 1 heterocycles. The first-order chi connectivity index (χ1) is 8.31. The summed E-state index contributed by atoms with van der Waals surface area (Å²) in [6.45, 7) is 4.04. The standard InChI is InChI=1S/C13H23N3S/c1-3-16-10-11(9-15-16)8-14-12-4-6-13(17-2)7-5-12/h9-10,12-14H,3-8H2,1-2H3. The molecule has 0 bridgehead atoms. The molecule has 0 spiro atoms. The van der Waals surface area contributed by atoms with E-state index in [-0.39, 0.29) is 0 Å². The van der Waals surface area contributed by atoms with Crippen LogP contribution in [0.1, 0.15) is 38.2 Å². The summed E-state index contributed by atoms with van der Waals surface area (Å²) < 4.78 is 1.99. The molecule has 1 saturated carbocycles. The van der Waals surface area contributed by atoms with E-state index in [2.05, 4.69) is 29.8 Å². The minimum Gasteiger partial charge on any atom is -0.310 e. The lowest BCUT2D eigenvalue weighted by Crippen LogP contribution is -2.33. The van der Waals surface area contributed by atoms with Gasteiger partial charge in [0.1, 0.15) is 0 Å². The molecule has 1 fully saturated rings. The molecule has 0 radical (unpaired) electrons. The Hall–Kier alpha value is -0.480. The number of hydrogen-bond acceptors (Lipinski definition) is 3. The highest BCUT2D eigenvalue weighted by atomic mass is 32.2. The first kappa shape index (κ1) is 13.0. The lowest BCUT2D eigenvalue weighted by molar-refractivity contribution is 0.379. The van der Waals surface area contributed by atoms with Crippen LogP contribution in [-0.4, -0.2) is 27.3 Å². The molecule has 0 aliphatic heterocycles. The molecular weight excluding hydrogens is 230 g/mol. The molecule has 3 nitrogen and oxygen atoms in total. The maximum atomic E-state index is 4.30. The second-order valence-electron chi connectivity index (χ2n) is 4.79. The number of hydrogen-bond donors (Lipinski definition) is 1. The molecule has 1 aromatic heterocycles. The molecule has 17 heavy (non-hydrogen) atoms. The van der Waals surface area contributed by atoms with E-state index in [1.54, 1.807) is 0 Å².